The zero-order chi connectivity index (χ0) is 15.1. The Kier molecular flexibility index (Phi) is 3.32. The van der Waals surface area contributed by atoms with Gasteiger partial charge in [-0.1, -0.05) is 17.7 Å². The number of nitrogens with one attached hydrogen (secondary N) is 1. The monoisotopic (exact) mass is 309 g/mol. The first-order chi connectivity index (χ1) is 10.7. The van der Waals surface area contributed by atoms with Crippen molar-refractivity contribution in [1.82, 2.24) is 15.3 Å². The first-order valence-corrected chi connectivity index (χ1v) is 7.84. The zero-order valence-corrected chi connectivity index (χ0v) is 13.1. The van der Waals surface area contributed by atoms with Crippen LogP contribution in [0.3, 0.4) is 0 Å². The van der Waals surface area contributed by atoms with E-state index in [2.05, 4.69) is 46.5 Å². The van der Waals surface area contributed by atoms with Gasteiger partial charge in [0.1, 0.15) is 0 Å². The van der Waals surface area contributed by atoms with Crippen LogP contribution < -0.4 is 5.32 Å². The number of benzene rings is 2. The summed E-state index contributed by atoms with van der Waals surface area (Å²) in [5.74, 6) is 0. The number of hydrogen-bond donors (Lipinski definition) is 1. The molecule has 1 N–H and O–H groups in total. The number of fused-ring (bicyclic) bond motifs is 2. The molecule has 22 heavy (non-hydrogen) atoms. The molecule has 3 nitrogen and oxygen atoms in total. The van der Waals surface area contributed by atoms with Crippen LogP contribution in [0.25, 0.3) is 22.2 Å². The molecule has 0 atom stereocenters. The van der Waals surface area contributed by atoms with E-state index in [0.717, 1.165) is 41.1 Å². The van der Waals surface area contributed by atoms with E-state index in [1.54, 1.807) is 12.4 Å². The first-order valence-electron chi connectivity index (χ1n) is 7.46. The van der Waals surface area contributed by atoms with Crippen molar-refractivity contribution in [3.05, 3.63) is 58.4 Å². The highest BCUT2D eigenvalue weighted by atomic mass is 35.5. The number of aryl methyl sites for hydroxylation is 1. The summed E-state index contributed by atoms with van der Waals surface area (Å²) in [5, 5.41) is 4.22. The van der Waals surface area contributed by atoms with Gasteiger partial charge in [-0.3, -0.25) is 9.97 Å². The molecular weight excluding hydrogens is 294 g/mol. The van der Waals surface area contributed by atoms with Gasteiger partial charge in [-0.05, 0) is 65.9 Å². The molecule has 4 rings (SSSR count). The van der Waals surface area contributed by atoms with Crippen molar-refractivity contribution in [3.63, 3.8) is 0 Å². The molecule has 3 aromatic rings. The van der Waals surface area contributed by atoms with E-state index in [1.165, 1.54) is 22.3 Å². The van der Waals surface area contributed by atoms with Crippen molar-refractivity contribution >= 4 is 22.6 Å². The molecule has 1 aliphatic rings. The van der Waals surface area contributed by atoms with E-state index >= 15 is 0 Å². The Bertz CT molecular complexity index is 874. The van der Waals surface area contributed by atoms with Crippen molar-refractivity contribution in [2.75, 3.05) is 6.54 Å². The Morgan fingerprint density at radius 2 is 1.82 bits per heavy atom. The fourth-order valence-corrected chi connectivity index (χ4v) is 3.44. The maximum Gasteiger partial charge on any atom is 0.0893 e. The summed E-state index contributed by atoms with van der Waals surface area (Å²) in [6, 6.07) is 8.54. The standard InChI is InChI=1S/C18H16ClN3/c1-11-6-17-18(22-5-4-21-17)9-14(11)13-7-12-2-3-20-10-15(12)16(19)8-13/h4-9,20H,2-3,10H2,1H3. The molecule has 0 radical (unpaired) electrons. The molecular formula is C18H16ClN3. The van der Waals surface area contributed by atoms with Gasteiger partial charge >= 0.3 is 0 Å². The Morgan fingerprint density at radius 1 is 1.05 bits per heavy atom. The van der Waals surface area contributed by atoms with Crippen molar-refractivity contribution in [3.8, 4) is 11.1 Å². The second-order valence-electron chi connectivity index (χ2n) is 5.73. The van der Waals surface area contributed by atoms with Crippen molar-refractivity contribution < 1.29 is 0 Å². The SMILES string of the molecule is Cc1cc2nccnc2cc1-c1cc(Cl)c2c(c1)CCNC2. The molecule has 0 unspecified atom stereocenters. The number of aromatic nitrogens is 2. The maximum atomic E-state index is 6.50. The van der Waals surface area contributed by atoms with Crippen LogP contribution in [0.5, 0.6) is 0 Å². The van der Waals surface area contributed by atoms with E-state index in [1.807, 2.05) is 0 Å². The Hall–Kier alpha value is -1.97. The van der Waals surface area contributed by atoms with Crippen LogP contribution in [0, 0.1) is 6.92 Å². The fourth-order valence-electron chi connectivity index (χ4n) is 3.13. The second kappa shape index (κ2) is 5.34. The number of halogens is 1. The molecule has 0 amide bonds. The third-order valence-corrected chi connectivity index (χ3v) is 4.62. The lowest BCUT2D eigenvalue weighted by Crippen LogP contribution is -2.23. The van der Waals surface area contributed by atoms with Crippen LogP contribution in [-0.2, 0) is 13.0 Å². The highest BCUT2D eigenvalue weighted by Gasteiger charge is 2.15. The number of hydrogen-bond acceptors (Lipinski definition) is 3. The lowest BCUT2D eigenvalue weighted by Gasteiger charge is -2.20. The van der Waals surface area contributed by atoms with Gasteiger partial charge in [-0.15, -0.1) is 0 Å². The maximum absolute atomic E-state index is 6.50. The number of nitrogens with zero attached hydrogens (tertiary/aromatic N) is 2. The van der Waals surface area contributed by atoms with Gasteiger partial charge < -0.3 is 5.32 Å². The highest BCUT2D eigenvalue weighted by molar-refractivity contribution is 6.31. The van der Waals surface area contributed by atoms with Gasteiger partial charge in [0, 0.05) is 24.0 Å². The zero-order valence-electron chi connectivity index (χ0n) is 12.4. The predicted octanol–water partition coefficient (Wildman–Crippen LogP) is 3.90. The Morgan fingerprint density at radius 3 is 2.64 bits per heavy atom. The Labute approximate surface area is 134 Å². The van der Waals surface area contributed by atoms with E-state index in [0.29, 0.717) is 0 Å². The van der Waals surface area contributed by atoms with Gasteiger partial charge in [-0.25, -0.2) is 0 Å². The smallest absolute Gasteiger partial charge is 0.0893 e. The van der Waals surface area contributed by atoms with Crippen LogP contribution in [0.4, 0.5) is 0 Å². The fraction of sp³-hybridized carbons (Fsp3) is 0.222. The molecule has 0 saturated heterocycles. The van der Waals surface area contributed by atoms with Crippen molar-refractivity contribution in [2.24, 2.45) is 0 Å². The van der Waals surface area contributed by atoms with Gasteiger partial charge in [0.25, 0.3) is 0 Å². The van der Waals surface area contributed by atoms with Gasteiger partial charge in [0.05, 0.1) is 11.0 Å². The highest BCUT2D eigenvalue weighted by Crippen LogP contribution is 2.33. The van der Waals surface area contributed by atoms with Crippen LogP contribution in [0.2, 0.25) is 5.02 Å². The summed E-state index contributed by atoms with van der Waals surface area (Å²) < 4.78 is 0. The largest absolute Gasteiger partial charge is 0.312 e. The lowest BCUT2D eigenvalue weighted by atomic mass is 9.93. The van der Waals surface area contributed by atoms with Crippen LogP contribution in [0.1, 0.15) is 16.7 Å². The summed E-state index contributed by atoms with van der Waals surface area (Å²) in [7, 11) is 0. The lowest BCUT2D eigenvalue weighted by molar-refractivity contribution is 0.644. The van der Waals surface area contributed by atoms with Crippen LogP contribution in [0.15, 0.2) is 36.7 Å². The quantitative estimate of drug-likeness (QED) is 0.740. The molecule has 1 aliphatic heterocycles. The molecule has 0 aliphatic carbocycles. The minimum absolute atomic E-state index is 0.846. The van der Waals surface area contributed by atoms with E-state index in [9.17, 15) is 0 Å². The molecule has 0 bridgehead atoms. The number of rotatable bonds is 1. The third kappa shape index (κ3) is 2.27. The van der Waals surface area contributed by atoms with Crippen LogP contribution in [-0.4, -0.2) is 16.5 Å². The molecule has 0 fully saturated rings. The average molecular weight is 310 g/mol. The minimum atomic E-state index is 0.846. The molecule has 2 aromatic carbocycles. The van der Waals surface area contributed by atoms with Crippen LogP contribution >= 0.6 is 11.6 Å². The summed E-state index contributed by atoms with van der Waals surface area (Å²) in [5.41, 5.74) is 7.95. The molecule has 110 valence electrons. The van der Waals surface area contributed by atoms with E-state index in [-0.39, 0.29) is 0 Å². The summed E-state index contributed by atoms with van der Waals surface area (Å²) in [4.78, 5) is 8.78. The summed E-state index contributed by atoms with van der Waals surface area (Å²) >= 11 is 6.50. The third-order valence-electron chi connectivity index (χ3n) is 4.29. The van der Waals surface area contributed by atoms with E-state index < -0.39 is 0 Å². The van der Waals surface area contributed by atoms with Gasteiger partial charge in [-0.2, -0.15) is 0 Å². The molecule has 1 aromatic heterocycles. The Balaban J connectivity index is 1.91. The topological polar surface area (TPSA) is 37.8 Å². The second-order valence-corrected chi connectivity index (χ2v) is 6.14. The molecule has 0 saturated carbocycles. The van der Waals surface area contributed by atoms with Gasteiger partial charge in [0.15, 0.2) is 0 Å². The summed E-state index contributed by atoms with van der Waals surface area (Å²) in [6.07, 6.45) is 4.48. The molecule has 2 heterocycles. The van der Waals surface area contributed by atoms with E-state index in [4.69, 9.17) is 11.6 Å². The first kappa shape index (κ1) is 13.7. The average Bonchev–Trinajstić information content (AvgIpc) is 2.54. The molecule has 0 spiro atoms. The molecule has 4 heteroatoms. The minimum Gasteiger partial charge on any atom is -0.312 e. The predicted molar refractivity (Wildman–Crippen MR) is 90.1 cm³/mol. The summed E-state index contributed by atoms with van der Waals surface area (Å²) in [6.45, 7) is 3.98. The normalized spacial score (nSPS) is 14.1. The van der Waals surface area contributed by atoms with Crippen molar-refractivity contribution in [1.29, 1.82) is 0 Å². The van der Waals surface area contributed by atoms with Crippen molar-refractivity contribution in [2.45, 2.75) is 19.9 Å². The van der Waals surface area contributed by atoms with Gasteiger partial charge in [0.2, 0.25) is 0 Å².